The summed E-state index contributed by atoms with van der Waals surface area (Å²) in [5.74, 6) is 0. The smallest absolute Gasteiger partial charge is 0.108 e. The van der Waals surface area contributed by atoms with Gasteiger partial charge in [-0.3, -0.25) is 0 Å². The number of aliphatic hydroxyl groups is 5. The Bertz CT molecular complexity index is 163. The van der Waals surface area contributed by atoms with E-state index in [9.17, 15) is 25.5 Å². The van der Waals surface area contributed by atoms with Crippen LogP contribution in [-0.4, -0.2) is 56.1 Å². The Labute approximate surface area is 76.3 Å². The summed E-state index contributed by atoms with van der Waals surface area (Å²) in [6, 6.07) is 0. The highest BCUT2D eigenvalue weighted by molar-refractivity contribution is 4.85. The monoisotopic (exact) mass is 192 g/mol. The van der Waals surface area contributed by atoms with E-state index in [4.69, 9.17) is 0 Å². The molecule has 0 aromatic carbocycles. The van der Waals surface area contributed by atoms with Crippen LogP contribution in [-0.2, 0) is 0 Å². The second-order valence-electron chi connectivity index (χ2n) is 3.58. The summed E-state index contributed by atoms with van der Waals surface area (Å²) in [7, 11) is 0. The molecule has 0 aromatic rings. The first kappa shape index (κ1) is 10.9. The zero-order valence-electron chi connectivity index (χ0n) is 7.24. The number of hydrogen-bond acceptors (Lipinski definition) is 5. The van der Waals surface area contributed by atoms with E-state index in [2.05, 4.69) is 0 Å². The highest BCUT2D eigenvalue weighted by Gasteiger charge is 2.33. The molecule has 1 aliphatic carbocycles. The summed E-state index contributed by atoms with van der Waals surface area (Å²) in [5, 5.41) is 46.3. The predicted octanol–water partition coefficient (Wildman–Crippen LogP) is -2.03. The second-order valence-corrected chi connectivity index (χ2v) is 3.58. The van der Waals surface area contributed by atoms with Crippen molar-refractivity contribution in [2.24, 2.45) is 0 Å². The van der Waals surface area contributed by atoms with E-state index in [0.717, 1.165) is 0 Å². The van der Waals surface area contributed by atoms with Crippen molar-refractivity contribution in [3.8, 4) is 0 Å². The molecular formula is C8H16O5. The summed E-state index contributed by atoms with van der Waals surface area (Å²) in [6.07, 6.45) is -5.13. The van der Waals surface area contributed by atoms with Crippen molar-refractivity contribution < 1.29 is 25.5 Å². The molecular weight excluding hydrogens is 176 g/mol. The van der Waals surface area contributed by atoms with Crippen LogP contribution in [0.4, 0.5) is 0 Å². The lowest BCUT2D eigenvalue weighted by Crippen LogP contribution is -2.47. The Morgan fingerprint density at radius 3 is 1.85 bits per heavy atom. The van der Waals surface area contributed by atoms with Gasteiger partial charge in [-0.05, 0) is 12.8 Å². The molecule has 0 aromatic heterocycles. The minimum absolute atomic E-state index is 0.0327. The predicted molar refractivity (Wildman–Crippen MR) is 43.9 cm³/mol. The molecule has 0 spiro atoms. The summed E-state index contributed by atoms with van der Waals surface area (Å²) in [6.45, 7) is 0. The lowest BCUT2D eigenvalue weighted by Gasteiger charge is -2.30. The molecule has 0 bridgehead atoms. The largest absolute Gasteiger partial charge is 0.393 e. The van der Waals surface area contributed by atoms with Crippen molar-refractivity contribution in [3.05, 3.63) is 0 Å². The van der Waals surface area contributed by atoms with Crippen LogP contribution in [0, 0.1) is 0 Å². The average molecular weight is 192 g/mol. The second kappa shape index (κ2) is 4.34. The van der Waals surface area contributed by atoms with Crippen molar-refractivity contribution in [1.29, 1.82) is 0 Å². The van der Waals surface area contributed by atoms with E-state index in [1.54, 1.807) is 0 Å². The van der Waals surface area contributed by atoms with E-state index < -0.39 is 30.5 Å². The van der Waals surface area contributed by atoms with Crippen LogP contribution >= 0.6 is 0 Å². The van der Waals surface area contributed by atoms with Gasteiger partial charge in [0.2, 0.25) is 0 Å². The maximum Gasteiger partial charge on any atom is 0.108 e. The van der Waals surface area contributed by atoms with Crippen LogP contribution in [0.25, 0.3) is 0 Å². The molecule has 5 atom stereocenters. The molecule has 0 heterocycles. The van der Waals surface area contributed by atoms with Gasteiger partial charge in [0, 0.05) is 6.42 Å². The van der Waals surface area contributed by atoms with E-state index in [0.29, 0.717) is 6.42 Å². The van der Waals surface area contributed by atoms with Crippen LogP contribution in [0.1, 0.15) is 19.3 Å². The fraction of sp³-hybridized carbons (Fsp3) is 1.00. The molecule has 78 valence electrons. The van der Waals surface area contributed by atoms with Gasteiger partial charge >= 0.3 is 0 Å². The number of hydrogen-bond donors (Lipinski definition) is 5. The molecule has 1 fully saturated rings. The fourth-order valence-electron chi connectivity index (χ4n) is 1.53. The molecule has 1 rings (SSSR count). The molecule has 5 N–H and O–H groups in total. The Morgan fingerprint density at radius 2 is 1.23 bits per heavy atom. The van der Waals surface area contributed by atoms with Crippen LogP contribution in [0.3, 0.4) is 0 Å². The summed E-state index contributed by atoms with van der Waals surface area (Å²) < 4.78 is 0. The molecule has 5 nitrogen and oxygen atoms in total. The third kappa shape index (κ3) is 2.62. The first-order valence-corrected chi connectivity index (χ1v) is 4.42. The van der Waals surface area contributed by atoms with Crippen LogP contribution in [0.2, 0.25) is 0 Å². The summed E-state index contributed by atoms with van der Waals surface area (Å²) in [4.78, 5) is 0. The first-order valence-electron chi connectivity index (χ1n) is 4.42. The first-order chi connectivity index (χ1) is 6.02. The van der Waals surface area contributed by atoms with Crippen LogP contribution in [0.5, 0.6) is 0 Å². The molecule has 5 unspecified atom stereocenters. The number of rotatable bonds is 0. The van der Waals surface area contributed by atoms with Crippen molar-refractivity contribution in [1.82, 2.24) is 0 Å². The average Bonchev–Trinajstić information content (AvgIpc) is 2.10. The molecule has 0 radical (unpaired) electrons. The molecule has 0 amide bonds. The standard InChI is InChI=1S/C8H16O5/c9-4-1-2-5(10)7(12)8(13)6(11)3-4/h4-13H,1-3H2. The fourth-order valence-corrected chi connectivity index (χ4v) is 1.53. The van der Waals surface area contributed by atoms with Gasteiger partial charge in [0.25, 0.3) is 0 Å². The van der Waals surface area contributed by atoms with Crippen molar-refractivity contribution in [2.75, 3.05) is 0 Å². The Hall–Kier alpha value is -0.200. The van der Waals surface area contributed by atoms with E-state index >= 15 is 0 Å². The van der Waals surface area contributed by atoms with Crippen molar-refractivity contribution in [3.63, 3.8) is 0 Å². The van der Waals surface area contributed by atoms with Gasteiger partial charge in [-0.1, -0.05) is 0 Å². The third-order valence-electron chi connectivity index (χ3n) is 2.45. The normalized spacial score (nSPS) is 48.2. The van der Waals surface area contributed by atoms with Gasteiger partial charge in [0.15, 0.2) is 0 Å². The van der Waals surface area contributed by atoms with Gasteiger partial charge in [0.05, 0.1) is 18.3 Å². The third-order valence-corrected chi connectivity index (χ3v) is 2.45. The Morgan fingerprint density at radius 1 is 0.692 bits per heavy atom. The van der Waals surface area contributed by atoms with Crippen LogP contribution in [0.15, 0.2) is 0 Å². The van der Waals surface area contributed by atoms with E-state index in [1.807, 2.05) is 0 Å². The quantitative estimate of drug-likeness (QED) is 0.305. The molecule has 0 saturated heterocycles. The van der Waals surface area contributed by atoms with E-state index in [1.165, 1.54) is 0 Å². The van der Waals surface area contributed by atoms with Gasteiger partial charge in [0.1, 0.15) is 12.2 Å². The SMILES string of the molecule is OC1CCC(O)C(O)C(O)C(O)C1. The van der Waals surface area contributed by atoms with Crippen molar-refractivity contribution in [2.45, 2.75) is 49.8 Å². The zero-order valence-corrected chi connectivity index (χ0v) is 7.24. The minimum atomic E-state index is -1.38. The highest BCUT2D eigenvalue weighted by atomic mass is 16.4. The molecule has 13 heavy (non-hydrogen) atoms. The molecule has 1 saturated carbocycles. The topological polar surface area (TPSA) is 101 Å². The Balaban J connectivity index is 2.62. The lowest BCUT2D eigenvalue weighted by atomic mass is 9.90. The van der Waals surface area contributed by atoms with Gasteiger partial charge in [-0.25, -0.2) is 0 Å². The number of aliphatic hydroxyl groups excluding tert-OH is 5. The van der Waals surface area contributed by atoms with Crippen molar-refractivity contribution >= 4 is 0 Å². The molecule has 0 aliphatic heterocycles. The zero-order chi connectivity index (χ0) is 10.0. The lowest BCUT2D eigenvalue weighted by molar-refractivity contribution is -0.126. The highest BCUT2D eigenvalue weighted by Crippen LogP contribution is 2.19. The minimum Gasteiger partial charge on any atom is -0.393 e. The van der Waals surface area contributed by atoms with Crippen LogP contribution < -0.4 is 0 Å². The molecule has 5 heteroatoms. The van der Waals surface area contributed by atoms with Gasteiger partial charge in [-0.2, -0.15) is 0 Å². The van der Waals surface area contributed by atoms with E-state index in [-0.39, 0.29) is 12.8 Å². The summed E-state index contributed by atoms with van der Waals surface area (Å²) in [5.41, 5.74) is 0. The maximum atomic E-state index is 9.27. The Kier molecular flexibility index (Phi) is 3.63. The maximum absolute atomic E-state index is 9.27. The molecule has 1 aliphatic rings. The van der Waals surface area contributed by atoms with Gasteiger partial charge in [-0.15, -0.1) is 0 Å². The summed E-state index contributed by atoms with van der Waals surface area (Å²) >= 11 is 0. The van der Waals surface area contributed by atoms with Gasteiger partial charge < -0.3 is 25.5 Å².